The van der Waals surface area contributed by atoms with Crippen LogP contribution in [-0.4, -0.2) is 23.9 Å². The van der Waals surface area contributed by atoms with Crippen LogP contribution in [-0.2, 0) is 4.74 Å². The van der Waals surface area contributed by atoms with Gasteiger partial charge < -0.3 is 9.84 Å². The molecule has 0 aromatic rings. The van der Waals surface area contributed by atoms with E-state index in [0.717, 1.165) is 31.3 Å². The first kappa shape index (κ1) is 13.4. The number of unbranched alkanes of at least 4 members (excludes halogenated alkanes) is 2. The molecule has 0 aromatic heterocycles. The molecule has 4 unspecified atom stereocenters. The average molecular weight is 240 g/mol. The fourth-order valence-corrected chi connectivity index (χ4v) is 3.58. The summed E-state index contributed by atoms with van der Waals surface area (Å²) in [6, 6.07) is 0. The summed E-state index contributed by atoms with van der Waals surface area (Å²) in [5.74, 6) is 1.62. The Bertz CT molecular complexity index is 217. The molecule has 2 heteroatoms. The van der Waals surface area contributed by atoms with Crippen molar-refractivity contribution in [3.05, 3.63) is 0 Å². The van der Waals surface area contributed by atoms with E-state index < -0.39 is 0 Å². The van der Waals surface area contributed by atoms with Gasteiger partial charge in [0.1, 0.15) is 0 Å². The van der Waals surface area contributed by atoms with Crippen LogP contribution < -0.4 is 0 Å². The Balaban J connectivity index is 1.68. The summed E-state index contributed by atoms with van der Waals surface area (Å²) >= 11 is 0. The van der Waals surface area contributed by atoms with Gasteiger partial charge in [-0.3, -0.25) is 0 Å². The van der Waals surface area contributed by atoms with Crippen LogP contribution in [0, 0.1) is 11.8 Å². The van der Waals surface area contributed by atoms with Gasteiger partial charge in [0.2, 0.25) is 0 Å². The predicted octanol–water partition coefficient (Wildman–Crippen LogP) is 3.52. The third-order valence-electron chi connectivity index (χ3n) is 4.64. The number of ether oxygens (including phenoxy) is 1. The Kier molecular flexibility index (Phi) is 5.30. The summed E-state index contributed by atoms with van der Waals surface area (Å²) in [6.45, 7) is 3.17. The zero-order chi connectivity index (χ0) is 12.1. The molecule has 0 saturated heterocycles. The van der Waals surface area contributed by atoms with Gasteiger partial charge in [0.05, 0.1) is 12.2 Å². The molecule has 17 heavy (non-hydrogen) atoms. The molecule has 4 atom stereocenters. The zero-order valence-corrected chi connectivity index (χ0v) is 11.2. The summed E-state index contributed by atoms with van der Waals surface area (Å²) in [7, 11) is 0. The van der Waals surface area contributed by atoms with E-state index in [2.05, 4.69) is 6.92 Å². The van der Waals surface area contributed by atoms with Crippen LogP contribution in [0.3, 0.4) is 0 Å². The number of aliphatic hydroxyl groups excluding tert-OH is 1. The molecule has 0 amide bonds. The van der Waals surface area contributed by atoms with Crippen LogP contribution in [0.25, 0.3) is 0 Å². The van der Waals surface area contributed by atoms with E-state index >= 15 is 0 Å². The van der Waals surface area contributed by atoms with E-state index in [9.17, 15) is 5.11 Å². The lowest BCUT2D eigenvalue weighted by Crippen LogP contribution is -2.35. The van der Waals surface area contributed by atoms with Gasteiger partial charge in [-0.1, -0.05) is 19.8 Å². The number of aliphatic hydroxyl groups is 1. The normalized spacial score (nSPS) is 37.8. The molecule has 0 aromatic carbocycles. The predicted molar refractivity (Wildman–Crippen MR) is 70.0 cm³/mol. The largest absolute Gasteiger partial charge is 0.393 e. The Morgan fingerprint density at radius 2 is 1.82 bits per heavy atom. The highest BCUT2D eigenvalue weighted by atomic mass is 16.5. The molecule has 2 nitrogen and oxygen atoms in total. The van der Waals surface area contributed by atoms with E-state index in [0.29, 0.717) is 6.10 Å². The monoisotopic (exact) mass is 240 g/mol. The lowest BCUT2D eigenvalue weighted by atomic mass is 9.69. The van der Waals surface area contributed by atoms with Gasteiger partial charge in [0, 0.05) is 6.61 Å². The van der Waals surface area contributed by atoms with E-state index in [1.807, 2.05) is 0 Å². The standard InChI is InChI=1S/C15H28O2/c1-2-3-4-9-17-15-8-6-12-5-7-14(16)10-13(12)11-15/h12-16H,2-11H2,1H3. The highest BCUT2D eigenvalue weighted by Gasteiger charge is 2.35. The topological polar surface area (TPSA) is 29.5 Å². The summed E-state index contributed by atoms with van der Waals surface area (Å²) < 4.78 is 5.99. The highest BCUT2D eigenvalue weighted by molar-refractivity contribution is 4.86. The van der Waals surface area contributed by atoms with Crippen molar-refractivity contribution in [1.29, 1.82) is 0 Å². The second-order valence-electron chi connectivity index (χ2n) is 6.00. The molecule has 0 spiro atoms. The number of hydrogen-bond donors (Lipinski definition) is 1. The summed E-state index contributed by atoms with van der Waals surface area (Å²) in [5.41, 5.74) is 0. The molecule has 0 aliphatic heterocycles. The smallest absolute Gasteiger partial charge is 0.0578 e. The number of rotatable bonds is 5. The highest BCUT2D eigenvalue weighted by Crippen LogP contribution is 2.41. The van der Waals surface area contributed by atoms with Crippen LogP contribution in [0.2, 0.25) is 0 Å². The van der Waals surface area contributed by atoms with Gasteiger partial charge in [0.15, 0.2) is 0 Å². The molecule has 1 N–H and O–H groups in total. The quantitative estimate of drug-likeness (QED) is 0.745. The van der Waals surface area contributed by atoms with Crippen molar-refractivity contribution >= 4 is 0 Å². The van der Waals surface area contributed by atoms with Crippen molar-refractivity contribution in [2.45, 2.75) is 76.9 Å². The molecule has 0 radical (unpaired) electrons. The first-order chi connectivity index (χ1) is 8.29. The van der Waals surface area contributed by atoms with E-state index in [4.69, 9.17) is 4.74 Å². The van der Waals surface area contributed by atoms with Gasteiger partial charge in [-0.25, -0.2) is 0 Å². The Hall–Kier alpha value is -0.0800. The summed E-state index contributed by atoms with van der Waals surface area (Å²) in [6.07, 6.45) is 11.3. The molecule has 2 aliphatic carbocycles. The molecule has 0 heterocycles. The van der Waals surface area contributed by atoms with Crippen molar-refractivity contribution in [2.24, 2.45) is 11.8 Å². The van der Waals surface area contributed by atoms with E-state index in [-0.39, 0.29) is 6.10 Å². The van der Waals surface area contributed by atoms with Gasteiger partial charge in [-0.2, -0.15) is 0 Å². The molecule has 2 aliphatic rings. The van der Waals surface area contributed by atoms with Gasteiger partial charge in [-0.05, 0) is 56.8 Å². The molecule has 100 valence electrons. The first-order valence-electron chi connectivity index (χ1n) is 7.59. The van der Waals surface area contributed by atoms with Crippen LogP contribution in [0.1, 0.15) is 64.7 Å². The van der Waals surface area contributed by atoms with Gasteiger partial charge in [-0.15, -0.1) is 0 Å². The van der Waals surface area contributed by atoms with Crippen LogP contribution in [0.4, 0.5) is 0 Å². The minimum Gasteiger partial charge on any atom is -0.393 e. The maximum absolute atomic E-state index is 9.74. The third-order valence-corrected chi connectivity index (χ3v) is 4.64. The first-order valence-corrected chi connectivity index (χ1v) is 7.59. The van der Waals surface area contributed by atoms with Crippen molar-refractivity contribution in [3.63, 3.8) is 0 Å². The van der Waals surface area contributed by atoms with Crippen LogP contribution >= 0.6 is 0 Å². The summed E-state index contributed by atoms with van der Waals surface area (Å²) in [4.78, 5) is 0. The second kappa shape index (κ2) is 6.75. The minimum absolute atomic E-state index is 0.0323. The average Bonchev–Trinajstić information content (AvgIpc) is 2.34. The molecule has 0 bridgehead atoms. The van der Waals surface area contributed by atoms with Gasteiger partial charge >= 0.3 is 0 Å². The SMILES string of the molecule is CCCCCOC1CCC2CCC(O)CC2C1. The Morgan fingerprint density at radius 1 is 1.00 bits per heavy atom. The van der Waals surface area contributed by atoms with Crippen molar-refractivity contribution in [1.82, 2.24) is 0 Å². The van der Waals surface area contributed by atoms with E-state index in [1.54, 1.807) is 0 Å². The molecule has 2 fully saturated rings. The minimum atomic E-state index is -0.0323. The lowest BCUT2D eigenvalue weighted by Gasteiger charge is -2.40. The molecular formula is C15H28O2. The fraction of sp³-hybridized carbons (Fsp3) is 1.00. The fourth-order valence-electron chi connectivity index (χ4n) is 3.58. The van der Waals surface area contributed by atoms with Crippen molar-refractivity contribution in [3.8, 4) is 0 Å². The second-order valence-corrected chi connectivity index (χ2v) is 6.00. The van der Waals surface area contributed by atoms with Gasteiger partial charge in [0.25, 0.3) is 0 Å². The van der Waals surface area contributed by atoms with Crippen LogP contribution in [0.5, 0.6) is 0 Å². The maximum Gasteiger partial charge on any atom is 0.0578 e. The Morgan fingerprint density at radius 3 is 2.65 bits per heavy atom. The van der Waals surface area contributed by atoms with Crippen LogP contribution in [0.15, 0.2) is 0 Å². The zero-order valence-electron chi connectivity index (χ0n) is 11.2. The number of hydrogen-bond acceptors (Lipinski definition) is 2. The Labute approximate surface area is 106 Å². The molecule has 2 saturated carbocycles. The maximum atomic E-state index is 9.74. The van der Waals surface area contributed by atoms with Crippen molar-refractivity contribution in [2.75, 3.05) is 6.61 Å². The summed E-state index contributed by atoms with van der Waals surface area (Å²) in [5, 5.41) is 9.74. The number of fused-ring (bicyclic) bond motifs is 1. The van der Waals surface area contributed by atoms with E-state index in [1.165, 1.54) is 44.9 Å². The molecular weight excluding hydrogens is 212 g/mol. The molecule has 2 rings (SSSR count). The van der Waals surface area contributed by atoms with Crippen molar-refractivity contribution < 1.29 is 9.84 Å². The third kappa shape index (κ3) is 3.96. The lowest BCUT2D eigenvalue weighted by molar-refractivity contribution is -0.0336.